The predicted octanol–water partition coefficient (Wildman–Crippen LogP) is 1.45. The molecule has 0 aromatic carbocycles. The van der Waals surface area contributed by atoms with Crippen LogP contribution in [0.5, 0.6) is 0 Å². The van der Waals surface area contributed by atoms with E-state index in [0.29, 0.717) is 5.82 Å². The molecule has 2 aliphatic heterocycles. The van der Waals surface area contributed by atoms with Gasteiger partial charge in [0, 0.05) is 13.1 Å². The van der Waals surface area contributed by atoms with Crippen molar-refractivity contribution in [3.8, 4) is 10.7 Å². The highest BCUT2D eigenvalue weighted by atomic mass is 32.1. The molecule has 0 spiro atoms. The summed E-state index contributed by atoms with van der Waals surface area (Å²) in [5.41, 5.74) is 0. The second-order valence-corrected chi connectivity index (χ2v) is 6.31. The quantitative estimate of drug-likeness (QED) is 0.919. The third kappa shape index (κ3) is 2.20. The van der Waals surface area contributed by atoms with E-state index in [1.54, 1.807) is 11.3 Å². The largest absolute Gasteiger partial charge is 0.338 e. The summed E-state index contributed by atoms with van der Waals surface area (Å²) in [5.74, 6) is 3.06. The molecule has 19 heavy (non-hydrogen) atoms. The summed E-state index contributed by atoms with van der Waals surface area (Å²) in [6.45, 7) is 5.39. The monoisotopic (exact) mass is 276 g/mol. The zero-order valence-corrected chi connectivity index (χ0v) is 11.4. The van der Waals surface area contributed by atoms with Crippen LogP contribution in [-0.4, -0.2) is 41.2 Å². The Kier molecular flexibility index (Phi) is 2.86. The summed E-state index contributed by atoms with van der Waals surface area (Å²) < 4.78 is 5.36. The summed E-state index contributed by atoms with van der Waals surface area (Å²) in [7, 11) is 0. The van der Waals surface area contributed by atoms with Crippen LogP contribution < -0.4 is 5.32 Å². The summed E-state index contributed by atoms with van der Waals surface area (Å²) in [5, 5.41) is 9.54. The maximum atomic E-state index is 5.36. The second-order valence-electron chi connectivity index (χ2n) is 5.36. The minimum Gasteiger partial charge on any atom is -0.338 e. The number of rotatable bonds is 3. The molecule has 0 radical (unpaired) electrons. The van der Waals surface area contributed by atoms with Crippen molar-refractivity contribution in [1.82, 2.24) is 20.4 Å². The predicted molar refractivity (Wildman–Crippen MR) is 72.7 cm³/mol. The van der Waals surface area contributed by atoms with Crippen molar-refractivity contribution in [2.24, 2.45) is 11.8 Å². The average Bonchev–Trinajstić information content (AvgIpc) is 3.12. The first-order chi connectivity index (χ1) is 9.38. The third-order valence-corrected chi connectivity index (χ3v) is 4.90. The Morgan fingerprint density at radius 3 is 2.95 bits per heavy atom. The molecule has 2 aromatic heterocycles. The van der Waals surface area contributed by atoms with Crippen LogP contribution in [0.2, 0.25) is 0 Å². The van der Waals surface area contributed by atoms with Crippen molar-refractivity contribution in [3.05, 3.63) is 23.4 Å². The maximum Gasteiger partial charge on any atom is 0.241 e. The highest BCUT2D eigenvalue weighted by Gasteiger charge is 2.36. The first-order valence-corrected chi connectivity index (χ1v) is 7.56. The van der Waals surface area contributed by atoms with Crippen molar-refractivity contribution < 1.29 is 4.52 Å². The lowest BCUT2D eigenvalue weighted by Crippen LogP contribution is -2.25. The molecule has 0 amide bonds. The smallest absolute Gasteiger partial charge is 0.241 e. The first-order valence-electron chi connectivity index (χ1n) is 6.68. The van der Waals surface area contributed by atoms with Gasteiger partial charge in [-0.1, -0.05) is 11.2 Å². The Hall–Kier alpha value is -1.24. The lowest BCUT2D eigenvalue weighted by atomic mass is 10.0. The Labute approximate surface area is 115 Å². The Balaban J connectivity index is 1.44. The number of aromatic nitrogens is 2. The summed E-state index contributed by atoms with van der Waals surface area (Å²) >= 11 is 1.64. The molecule has 2 atom stereocenters. The minimum atomic E-state index is 0.714. The Morgan fingerprint density at radius 2 is 2.21 bits per heavy atom. The van der Waals surface area contributed by atoms with Gasteiger partial charge in [-0.15, -0.1) is 11.3 Å². The fourth-order valence-corrected chi connectivity index (χ4v) is 3.75. The van der Waals surface area contributed by atoms with E-state index in [1.165, 1.54) is 0 Å². The van der Waals surface area contributed by atoms with Gasteiger partial charge in [0.25, 0.3) is 0 Å². The zero-order valence-electron chi connectivity index (χ0n) is 10.6. The van der Waals surface area contributed by atoms with Crippen molar-refractivity contribution in [3.63, 3.8) is 0 Å². The minimum absolute atomic E-state index is 0.714. The zero-order chi connectivity index (χ0) is 12.7. The van der Waals surface area contributed by atoms with Crippen molar-refractivity contribution in [2.45, 2.75) is 6.54 Å². The highest BCUT2D eigenvalue weighted by Crippen LogP contribution is 2.28. The number of nitrogens with zero attached hydrogens (tertiary/aromatic N) is 3. The van der Waals surface area contributed by atoms with Crippen LogP contribution in [0.25, 0.3) is 10.7 Å². The molecule has 2 aliphatic rings. The third-order valence-electron chi connectivity index (χ3n) is 4.03. The average molecular weight is 276 g/mol. The van der Waals surface area contributed by atoms with Crippen LogP contribution in [0.3, 0.4) is 0 Å². The van der Waals surface area contributed by atoms with Gasteiger partial charge in [0.05, 0.1) is 11.4 Å². The van der Waals surface area contributed by atoms with Crippen LogP contribution in [0.4, 0.5) is 0 Å². The van der Waals surface area contributed by atoms with Gasteiger partial charge in [-0.2, -0.15) is 4.98 Å². The lowest BCUT2D eigenvalue weighted by molar-refractivity contribution is 0.253. The van der Waals surface area contributed by atoms with E-state index in [1.807, 2.05) is 17.5 Å². The van der Waals surface area contributed by atoms with E-state index >= 15 is 0 Å². The van der Waals surface area contributed by atoms with E-state index in [4.69, 9.17) is 4.52 Å². The molecule has 6 heteroatoms. The topological polar surface area (TPSA) is 54.2 Å². The molecule has 4 rings (SSSR count). The number of fused-ring (bicyclic) bond motifs is 1. The van der Waals surface area contributed by atoms with Crippen molar-refractivity contribution in [1.29, 1.82) is 0 Å². The van der Waals surface area contributed by atoms with Gasteiger partial charge in [-0.25, -0.2) is 0 Å². The molecule has 2 aromatic rings. The molecule has 0 saturated carbocycles. The van der Waals surface area contributed by atoms with Gasteiger partial charge >= 0.3 is 0 Å². The first kappa shape index (κ1) is 11.6. The fourth-order valence-electron chi connectivity index (χ4n) is 3.10. The second kappa shape index (κ2) is 4.70. The lowest BCUT2D eigenvalue weighted by Gasteiger charge is -2.13. The van der Waals surface area contributed by atoms with Crippen LogP contribution >= 0.6 is 11.3 Å². The van der Waals surface area contributed by atoms with E-state index in [9.17, 15) is 0 Å². The van der Waals surface area contributed by atoms with E-state index in [2.05, 4.69) is 20.4 Å². The molecule has 100 valence electrons. The number of nitrogens with one attached hydrogen (secondary N) is 1. The molecule has 2 saturated heterocycles. The number of thiophene rings is 1. The number of hydrogen-bond acceptors (Lipinski definition) is 6. The van der Waals surface area contributed by atoms with Gasteiger partial charge < -0.3 is 9.84 Å². The van der Waals surface area contributed by atoms with Gasteiger partial charge in [-0.3, -0.25) is 4.90 Å². The number of likely N-dealkylation sites (tertiary alicyclic amines) is 1. The van der Waals surface area contributed by atoms with Gasteiger partial charge in [-0.05, 0) is 36.4 Å². The Morgan fingerprint density at radius 1 is 1.37 bits per heavy atom. The molecule has 0 bridgehead atoms. The molecule has 5 nitrogen and oxygen atoms in total. The fraction of sp³-hybridized carbons (Fsp3) is 0.538. The molecular weight excluding hydrogens is 260 g/mol. The summed E-state index contributed by atoms with van der Waals surface area (Å²) in [6.07, 6.45) is 0. The standard InChI is InChI=1S/C13H16N4OS/c1-2-11(19-3-1)13-15-12(18-16-13)8-17-6-9-4-14-5-10(9)7-17/h1-3,9-10,14H,4-8H2. The van der Waals surface area contributed by atoms with Gasteiger partial charge in [0.2, 0.25) is 11.7 Å². The molecule has 1 N–H and O–H groups in total. The van der Waals surface area contributed by atoms with Gasteiger partial charge in [0.1, 0.15) is 0 Å². The molecule has 2 unspecified atom stereocenters. The molecule has 4 heterocycles. The normalized spacial score (nSPS) is 26.9. The van der Waals surface area contributed by atoms with Crippen LogP contribution in [-0.2, 0) is 6.54 Å². The highest BCUT2D eigenvalue weighted by molar-refractivity contribution is 7.13. The Bertz CT molecular complexity index is 541. The molecule has 2 fully saturated rings. The SMILES string of the molecule is c1csc(-c2noc(CN3CC4CNCC4C3)n2)c1. The van der Waals surface area contributed by atoms with Crippen LogP contribution in [0, 0.1) is 11.8 Å². The van der Waals surface area contributed by atoms with Crippen LogP contribution in [0.1, 0.15) is 5.89 Å². The van der Waals surface area contributed by atoms with E-state index in [0.717, 1.165) is 55.3 Å². The van der Waals surface area contributed by atoms with Crippen molar-refractivity contribution >= 4 is 11.3 Å². The van der Waals surface area contributed by atoms with E-state index in [-0.39, 0.29) is 0 Å². The summed E-state index contributed by atoms with van der Waals surface area (Å²) in [4.78, 5) is 7.99. The number of hydrogen-bond donors (Lipinski definition) is 1. The molecular formula is C13H16N4OS. The van der Waals surface area contributed by atoms with Crippen LogP contribution in [0.15, 0.2) is 22.0 Å². The summed E-state index contributed by atoms with van der Waals surface area (Å²) in [6, 6.07) is 4.02. The molecule has 0 aliphatic carbocycles. The van der Waals surface area contributed by atoms with E-state index < -0.39 is 0 Å². The maximum absolute atomic E-state index is 5.36. The van der Waals surface area contributed by atoms with Crippen molar-refractivity contribution in [2.75, 3.05) is 26.2 Å². The van der Waals surface area contributed by atoms with Gasteiger partial charge in [0.15, 0.2) is 0 Å².